The van der Waals surface area contributed by atoms with Crippen LogP contribution in [-0.2, 0) is 4.74 Å². The van der Waals surface area contributed by atoms with Crippen molar-refractivity contribution in [2.24, 2.45) is 11.3 Å². The van der Waals surface area contributed by atoms with E-state index in [1.807, 2.05) is 0 Å². The number of hydrogen-bond acceptors (Lipinski definition) is 4. The van der Waals surface area contributed by atoms with E-state index in [1.165, 1.54) is 51.7 Å². The number of aliphatic hydroxyl groups excluding tert-OH is 1. The van der Waals surface area contributed by atoms with Gasteiger partial charge in [0.1, 0.15) is 0 Å². The second-order valence-corrected chi connectivity index (χ2v) is 7.09. The highest BCUT2D eigenvalue weighted by molar-refractivity contribution is 5.00. The van der Waals surface area contributed by atoms with E-state index in [2.05, 4.69) is 9.80 Å². The lowest BCUT2D eigenvalue weighted by Crippen LogP contribution is -2.50. The van der Waals surface area contributed by atoms with Crippen LogP contribution in [0.3, 0.4) is 0 Å². The van der Waals surface area contributed by atoms with Crippen molar-refractivity contribution in [1.29, 1.82) is 0 Å². The Morgan fingerprint density at radius 2 is 2.00 bits per heavy atom. The van der Waals surface area contributed by atoms with Gasteiger partial charge in [-0.3, -0.25) is 0 Å². The van der Waals surface area contributed by atoms with Crippen LogP contribution >= 0.6 is 0 Å². The van der Waals surface area contributed by atoms with Gasteiger partial charge in [-0.1, -0.05) is 6.42 Å². The smallest absolute Gasteiger partial charge is 0.0589 e. The van der Waals surface area contributed by atoms with Gasteiger partial charge < -0.3 is 19.6 Å². The molecule has 4 nitrogen and oxygen atoms in total. The predicted molar refractivity (Wildman–Crippen MR) is 79.8 cm³/mol. The summed E-state index contributed by atoms with van der Waals surface area (Å²) in [6.07, 6.45) is 6.81. The molecule has 2 aliphatic heterocycles. The molecule has 1 atom stereocenters. The van der Waals surface area contributed by atoms with Gasteiger partial charge in [-0.2, -0.15) is 0 Å². The maximum Gasteiger partial charge on any atom is 0.0589 e. The van der Waals surface area contributed by atoms with Crippen LogP contribution in [0, 0.1) is 11.3 Å². The van der Waals surface area contributed by atoms with E-state index in [-0.39, 0.29) is 0 Å². The van der Waals surface area contributed by atoms with Gasteiger partial charge in [-0.15, -0.1) is 0 Å². The highest BCUT2D eigenvalue weighted by atomic mass is 16.5. The molecule has 3 aliphatic rings. The molecule has 3 rings (SSSR count). The summed E-state index contributed by atoms with van der Waals surface area (Å²) in [5, 5.41) is 9.79. The average Bonchev–Trinajstić information content (AvgIpc) is 2.75. The summed E-state index contributed by atoms with van der Waals surface area (Å²) in [6.45, 7) is 6.90. The summed E-state index contributed by atoms with van der Waals surface area (Å²) in [5.41, 5.74) is 0.378. The fraction of sp³-hybridized carbons (Fsp3) is 1.00. The first kappa shape index (κ1) is 14.8. The molecule has 1 spiro atoms. The molecule has 0 radical (unpaired) electrons. The van der Waals surface area contributed by atoms with Crippen molar-refractivity contribution >= 4 is 0 Å². The molecular weight excluding hydrogens is 252 g/mol. The van der Waals surface area contributed by atoms with Crippen molar-refractivity contribution in [2.45, 2.75) is 38.1 Å². The number of aliphatic hydroxyl groups is 1. The van der Waals surface area contributed by atoms with E-state index in [0.717, 1.165) is 25.7 Å². The summed E-state index contributed by atoms with van der Waals surface area (Å²) in [7, 11) is 1.77. The molecular formula is C16H30N2O2. The van der Waals surface area contributed by atoms with Crippen LogP contribution in [0.4, 0.5) is 0 Å². The number of nitrogens with zero attached hydrogens (tertiary/aromatic N) is 2. The predicted octanol–water partition coefficient (Wildman–Crippen LogP) is 1.19. The third-order valence-electron chi connectivity index (χ3n) is 6.10. The van der Waals surface area contributed by atoms with E-state index < -0.39 is 0 Å². The van der Waals surface area contributed by atoms with Gasteiger partial charge in [0.15, 0.2) is 0 Å². The van der Waals surface area contributed by atoms with Gasteiger partial charge in [-0.25, -0.2) is 0 Å². The number of rotatable bonds is 5. The largest absolute Gasteiger partial charge is 0.396 e. The quantitative estimate of drug-likeness (QED) is 0.822. The molecule has 2 saturated heterocycles. The summed E-state index contributed by atoms with van der Waals surface area (Å²) in [4.78, 5) is 5.21. The molecule has 3 fully saturated rings. The molecule has 1 N–H and O–H groups in total. The average molecular weight is 282 g/mol. The lowest BCUT2D eigenvalue weighted by atomic mass is 9.70. The van der Waals surface area contributed by atoms with Crippen molar-refractivity contribution in [3.63, 3.8) is 0 Å². The topological polar surface area (TPSA) is 35.9 Å². The Bertz CT molecular complexity index is 312. The third kappa shape index (κ3) is 2.76. The Morgan fingerprint density at radius 3 is 2.55 bits per heavy atom. The SMILES string of the molecule is COCCN1CC(CO)C2(CCN(C3CCC3)CC2)C1. The molecule has 0 aromatic rings. The van der Waals surface area contributed by atoms with Crippen LogP contribution in [0.25, 0.3) is 0 Å². The van der Waals surface area contributed by atoms with Crippen LogP contribution in [0.15, 0.2) is 0 Å². The Balaban J connectivity index is 1.57. The third-order valence-corrected chi connectivity index (χ3v) is 6.10. The van der Waals surface area contributed by atoms with Crippen molar-refractivity contribution < 1.29 is 9.84 Å². The molecule has 0 aromatic heterocycles. The second kappa shape index (κ2) is 6.30. The van der Waals surface area contributed by atoms with Crippen molar-refractivity contribution in [1.82, 2.24) is 9.80 Å². The van der Waals surface area contributed by atoms with Gasteiger partial charge >= 0.3 is 0 Å². The zero-order valence-corrected chi connectivity index (χ0v) is 12.9. The molecule has 1 saturated carbocycles. The Hall–Kier alpha value is -0.160. The second-order valence-electron chi connectivity index (χ2n) is 7.09. The minimum atomic E-state index is 0.354. The first-order chi connectivity index (χ1) is 9.77. The fourth-order valence-corrected chi connectivity index (χ4v) is 4.44. The molecule has 0 aromatic carbocycles. The maximum atomic E-state index is 9.79. The normalized spacial score (nSPS) is 31.8. The highest BCUT2D eigenvalue weighted by Crippen LogP contribution is 2.45. The van der Waals surface area contributed by atoms with Crippen LogP contribution in [0.5, 0.6) is 0 Å². The van der Waals surface area contributed by atoms with Crippen molar-refractivity contribution in [3.8, 4) is 0 Å². The standard InChI is InChI=1S/C16H30N2O2/c1-20-10-9-17-11-14(12-19)16(13-17)5-7-18(8-6-16)15-3-2-4-15/h14-15,19H,2-13H2,1H3. The number of ether oxygens (including phenoxy) is 1. The molecule has 0 bridgehead atoms. The van der Waals surface area contributed by atoms with Gasteiger partial charge in [0, 0.05) is 45.3 Å². The zero-order chi connectivity index (χ0) is 14.0. The van der Waals surface area contributed by atoms with Crippen LogP contribution in [0.2, 0.25) is 0 Å². The van der Waals surface area contributed by atoms with Gasteiger partial charge in [0.05, 0.1) is 6.61 Å². The van der Waals surface area contributed by atoms with Gasteiger partial charge in [0.2, 0.25) is 0 Å². The van der Waals surface area contributed by atoms with Crippen molar-refractivity contribution in [2.75, 3.05) is 53.0 Å². The zero-order valence-electron chi connectivity index (χ0n) is 12.9. The van der Waals surface area contributed by atoms with Gasteiger partial charge in [-0.05, 0) is 44.2 Å². The fourth-order valence-electron chi connectivity index (χ4n) is 4.44. The lowest BCUT2D eigenvalue weighted by Gasteiger charge is -2.47. The number of piperidine rings is 1. The molecule has 0 amide bonds. The van der Waals surface area contributed by atoms with Crippen LogP contribution in [-0.4, -0.2) is 74.0 Å². The van der Waals surface area contributed by atoms with E-state index in [9.17, 15) is 5.11 Å². The summed E-state index contributed by atoms with van der Waals surface area (Å²) < 4.78 is 5.21. The van der Waals surface area contributed by atoms with Gasteiger partial charge in [0.25, 0.3) is 0 Å². The Morgan fingerprint density at radius 1 is 1.25 bits per heavy atom. The van der Waals surface area contributed by atoms with E-state index in [4.69, 9.17) is 4.74 Å². The molecule has 4 heteroatoms. The minimum absolute atomic E-state index is 0.354. The maximum absolute atomic E-state index is 9.79. The summed E-state index contributed by atoms with van der Waals surface area (Å²) >= 11 is 0. The number of methoxy groups -OCH3 is 1. The number of likely N-dealkylation sites (tertiary alicyclic amines) is 2. The first-order valence-corrected chi connectivity index (χ1v) is 8.33. The molecule has 20 heavy (non-hydrogen) atoms. The Kier molecular flexibility index (Phi) is 4.65. The monoisotopic (exact) mass is 282 g/mol. The molecule has 1 unspecified atom stereocenters. The molecule has 116 valence electrons. The first-order valence-electron chi connectivity index (χ1n) is 8.33. The summed E-state index contributed by atoms with van der Waals surface area (Å²) in [5.74, 6) is 0.475. The van der Waals surface area contributed by atoms with Crippen molar-refractivity contribution in [3.05, 3.63) is 0 Å². The van der Waals surface area contributed by atoms with Crippen LogP contribution < -0.4 is 0 Å². The Labute approximate surface area is 123 Å². The highest BCUT2D eigenvalue weighted by Gasteiger charge is 2.48. The lowest BCUT2D eigenvalue weighted by molar-refractivity contribution is 0.0149. The van der Waals surface area contributed by atoms with E-state index in [1.54, 1.807) is 7.11 Å². The minimum Gasteiger partial charge on any atom is -0.396 e. The number of hydrogen-bond donors (Lipinski definition) is 1. The molecule has 1 aliphatic carbocycles. The van der Waals surface area contributed by atoms with E-state index >= 15 is 0 Å². The summed E-state index contributed by atoms with van der Waals surface area (Å²) in [6, 6.07) is 0.880. The van der Waals surface area contributed by atoms with E-state index in [0.29, 0.717) is 17.9 Å². The molecule has 2 heterocycles. The van der Waals surface area contributed by atoms with Crippen LogP contribution in [0.1, 0.15) is 32.1 Å².